The summed E-state index contributed by atoms with van der Waals surface area (Å²) in [4.78, 5) is 11.5. The second-order valence-electron chi connectivity index (χ2n) is 3.92. The van der Waals surface area contributed by atoms with Crippen LogP contribution in [0.2, 0.25) is 0 Å². The van der Waals surface area contributed by atoms with Crippen molar-refractivity contribution in [2.24, 2.45) is 11.7 Å². The van der Waals surface area contributed by atoms with Crippen LogP contribution < -0.4 is 11.1 Å². The molecule has 1 unspecified atom stereocenters. The number of nitrogens with two attached hydrogens (primary N) is 1. The van der Waals surface area contributed by atoms with Crippen LogP contribution in [-0.4, -0.2) is 18.0 Å². The van der Waals surface area contributed by atoms with Crippen molar-refractivity contribution in [3.05, 3.63) is 12.2 Å². The molecule has 3 heteroatoms. The van der Waals surface area contributed by atoms with Crippen LogP contribution in [0.25, 0.3) is 0 Å². The Bertz CT molecular complexity index is 203. The van der Waals surface area contributed by atoms with Crippen LogP contribution in [0.15, 0.2) is 12.2 Å². The van der Waals surface area contributed by atoms with E-state index in [-0.39, 0.29) is 23.9 Å². The zero-order valence-corrected chi connectivity index (χ0v) is 8.29. The summed E-state index contributed by atoms with van der Waals surface area (Å²) < 4.78 is 0. The van der Waals surface area contributed by atoms with Crippen molar-refractivity contribution in [2.75, 3.05) is 0 Å². The smallest absolute Gasteiger partial charge is 0.237 e. The van der Waals surface area contributed by atoms with E-state index in [1.54, 1.807) is 0 Å². The first-order valence-corrected chi connectivity index (χ1v) is 4.82. The van der Waals surface area contributed by atoms with E-state index in [4.69, 9.17) is 5.73 Å². The van der Waals surface area contributed by atoms with Crippen molar-refractivity contribution < 1.29 is 4.79 Å². The normalized spacial score (nSPS) is 19.4. The Labute approximate surface area is 79.4 Å². The van der Waals surface area contributed by atoms with Gasteiger partial charge in [0.2, 0.25) is 5.91 Å². The molecule has 0 aromatic heterocycles. The maximum absolute atomic E-state index is 11.5. The molecule has 1 atom stereocenters. The molecule has 0 aromatic carbocycles. The third-order valence-electron chi connectivity index (χ3n) is 2.38. The van der Waals surface area contributed by atoms with E-state index < -0.39 is 0 Å². The minimum absolute atomic E-state index is 0.0244. The van der Waals surface area contributed by atoms with Gasteiger partial charge < -0.3 is 11.1 Å². The van der Waals surface area contributed by atoms with Crippen molar-refractivity contribution in [3.8, 4) is 0 Å². The van der Waals surface area contributed by atoms with E-state index in [9.17, 15) is 4.79 Å². The summed E-state index contributed by atoms with van der Waals surface area (Å²) in [6.45, 7) is 3.91. The number of hydrogen-bond acceptors (Lipinski definition) is 2. The average molecular weight is 182 g/mol. The quantitative estimate of drug-likeness (QED) is 0.634. The first-order valence-electron chi connectivity index (χ1n) is 4.82. The topological polar surface area (TPSA) is 55.1 Å². The molecule has 0 heterocycles. The molecule has 0 bridgehead atoms. The van der Waals surface area contributed by atoms with Crippen molar-refractivity contribution in [1.29, 1.82) is 0 Å². The van der Waals surface area contributed by atoms with Crippen molar-refractivity contribution in [1.82, 2.24) is 5.32 Å². The van der Waals surface area contributed by atoms with E-state index in [0.29, 0.717) is 0 Å². The van der Waals surface area contributed by atoms with E-state index in [2.05, 4.69) is 17.5 Å². The van der Waals surface area contributed by atoms with Crippen LogP contribution in [0, 0.1) is 5.92 Å². The fraction of sp³-hybridized carbons (Fsp3) is 0.700. The van der Waals surface area contributed by atoms with Crippen LogP contribution in [0.3, 0.4) is 0 Å². The summed E-state index contributed by atoms with van der Waals surface area (Å²) in [6, 6.07) is -0.0992. The standard InChI is InChI=1S/C10H18N2O/c1-7(2)9(11)10(13)12-8-5-3-4-6-8/h3-4,7-9H,5-6,11H2,1-2H3,(H,12,13). The molecular formula is C10H18N2O. The van der Waals surface area contributed by atoms with Crippen LogP contribution in [0.1, 0.15) is 26.7 Å². The molecule has 0 saturated carbocycles. The third kappa shape index (κ3) is 2.84. The summed E-state index contributed by atoms with van der Waals surface area (Å²) >= 11 is 0. The monoisotopic (exact) mass is 182 g/mol. The molecular weight excluding hydrogens is 164 g/mol. The molecule has 1 aliphatic rings. The molecule has 0 spiro atoms. The lowest BCUT2D eigenvalue weighted by atomic mass is 10.0. The van der Waals surface area contributed by atoms with Gasteiger partial charge in [0.1, 0.15) is 0 Å². The van der Waals surface area contributed by atoms with Gasteiger partial charge in [-0.3, -0.25) is 4.79 Å². The highest BCUT2D eigenvalue weighted by Crippen LogP contribution is 2.09. The Kier molecular flexibility index (Phi) is 3.48. The number of carbonyl (C=O) groups excluding carboxylic acids is 1. The minimum Gasteiger partial charge on any atom is -0.351 e. The van der Waals surface area contributed by atoms with Crippen LogP contribution in [-0.2, 0) is 4.79 Å². The Morgan fingerprint density at radius 1 is 1.46 bits per heavy atom. The molecule has 1 rings (SSSR count). The van der Waals surface area contributed by atoms with Gasteiger partial charge in [0.05, 0.1) is 6.04 Å². The lowest BCUT2D eigenvalue weighted by Gasteiger charge is -2.18. The van der Waals surface area contributed by atoms with Crippen molar-refractivity contribution in [3.63, 3.8) is 0 Å². The predicted octanol–water partition coefficient (Wildman–Crippen LogP) is 0.804. The molecule has 13 heavy (non-hydrogen) atoms. The molecule has 3 N–H and O–H groups in total. The van der Waals surface area contributed by atoms with Crippen LogP contribution >= 0.6 is 0 Å². The maximum Gasteiger partial charge on any atom is 0.237 e. The Morgan fingerprint density at radius 3 is 2.46 bits per heavy atom. The lowest BCUT2D eigenvalue weighted by molar-refractivity contribution is -0.123. The molecule has 0 saturated heterocycles. The van der Waals surface area contributed by atoms with Gasteiger partial charge in [0, 0.05) is 6.04 Å². The molecule has 0 radical (unpaired) electrons. The summed E-state index contributed by atoms with van der Waals surface area (Å²) in [5, 5.41) is 2.93. The largest absolute Gasteiger partial charge is 0.351 e. The second-order valence-corrected chi connectivity index (χ2v) is 3.92. The highest BCUT2D eigenvalue weighted by atomic mass is 16.2. The molecule has 0 fully saturated rings. The zero-order chi connectivity index (χ0) is 9.84. The van der Waals surface area contributed by atoms with Gasteiger partial charge in [-0.2, -0.15) is 0 Å². The van der Waals surface area contributed by atoms with Gasteiger partial charge in [-0.05, 0) is 18.8 Å². The Balaban J connectivity index is 2.32. The van der Waals surface area contributed by atoms with Gasteiger partial charge in [-0.15, -0.1) is 0 Å². The second kappa shape index (κ2) is 4.42. The molecule has 0 aromatic rings. The third-order valence-corrected chi connectivity index (χ3v) is 2.38. The van der Waals surface area contributed by atoms with Gasteiger partial charge in [0.15, 0.2) is 0 Å². The summed E-state index contributed by atoms with van der Waals surface area (Å²) in [7, 11) is 0. The maximum atomic E-state index is 11.5. The predicted molar refractivity (Wildman–Crippen MR) is 53.1 cm³/mol. The fourth-order valence-corrected chi connectivity index (χ4v) is 1.34. The molecule has 3 nitrogen and oxygen atoms in total. The SMILES string of the molecule is CC(C)C(N)C(=O)NC1CC=CC1. The Morgan fingerprint density at radius 2 is 2.00 bits per heavy atom. The summed E-state index contributed by atoms with van der Waals surface area (Å²) in [5.41, 5.74) is 5.71. The summed E-state index contributed by atoms with van der Waals surface area (Å²) in [6.07, 6.45) is 6.06. The fourth-order valence-electron chi connectivity index (χ4n) is 1.34. The summed E-state index contributed by atoms with van der Waals surface area (Å²) in [5.74, 6) is 0.179. The van der Waals surface area contributed by atoms with E-state index in [1.807, 2.05) is 13.8 Å². The first-order chi connectivity index (χ1) is 6.11. The van der Waals surface area contributed by atoms with Gasteiger partial charge in [0.25, 0.3) is 0 Å². The zero-order valence-electron chi connectivity index (χ0n) is 8.29. The molecule has 74 valence electrons. The molecule has 1 amide bonds. The minimum atomic E-state index is -0.374. The molecule has 1 aliphatic carbocycles. The molecule has 0 aliphatic heterocycles. The Hall–Kier alpha value is -0.830. The number of hydrogen-bond donors (Lipinski definition) is 2. The van der Waals surface area contributed by atoms with Gasteiger partial charge >= 0.3 is 0 Å². The van der Waals surface area contributed by atoms with Crippen molar-refractivity contribution >= 4 is 5.91 Å². The van der Waals surface area contributed by atoms with E-state index in [1.165, 1.54) is 0 Å². The van der Waals surface area contributed by atoms with E-state index in [0.717, 1.165) is 12.8 Å². The van der Waals surface area contributed by atoms with Crippen LogP contribution in [0.4, 0.5) is 0 Å². The number of amides is 1. The number of nitrogens with one attached hydrogen (secondary N) is 1. The highest BCUT2D eigenvalue weighted by Gasteiger charge is 2.20. The van der Waals surface area contributed by atoms with Gasteiger partial charge in [-0.25, -0.2) is 0 Å². The highest BCUT2D eigenvalue weighted by molar-refractivity contribution is 5.82. The van der Waals surface area contributed by atoms with E-state index >= 15 is 0 Å². The number of carbonyl (C=O) groups is 1. The van der Waals surface area contributed by atoms with Crippen molar-refractivity contribution in [2.45, 2.75) is 38.8 Å². The number of rotatable bonds is 3. The first kappa shape index (κ1) is 10.3. The van der Waals surface area contributed by atoms with Gasteiger partial charge in [-0.1, -0.05) is 26.0 Å². The average Bonchev–Trinajstić information content (AvgIpc) is 2.55. The lowest BCUT2D eigenvalue weighted by Crippen LogP contribution is -2.47. The van der Waals surface area contributed by atoms with Crippen LogP contribution in [0.5, 0.6) is 0 Å².